The Kier molecular flexibility index (Phi) is 3.64. The summed E-state index contributed by atoms with van der Waals surface area (Å²) in [7, 11) is 0. The monoisotopic (exact) mass is 236 g/mol. The van der Waals surface area contributed by atoms with Gasteiger partial charge in [-0.2, -0.15) is 0 Å². The van der Waals surface area contributed by atoms with Crippen LogP contribution in [-0.2, 0) is 6.61 Å². The minimum atomic E-state index is -0.193. The third kappa shape index (κ3) is 2.28. The fraction of sp³-hybridized carbons (Fsp3) is 0.615. The van der Waals surface area contributed by atoms with Crippen molar-refractivity contribution in [2.24, 2.45) is 11.7 Å². The Morgan fingerprint density at radius 3 is 2.71 bits per heavy atom. The number of hydrogen-bond acceptors (Lipinski definition) is 4. The van der Waals surface area contributed by atoms with Crippen LogP contribution >= 0.6 is 0 Å². The van der Waals surface area contributed by atoms with Crippen molar-refractivity contribution in [3.63, 3.8) is 0 Å². The summed E-state index contributed by atoms with van der Waals surface area (Å²) in [5.74, 6) is 0.559. The standard InChI is InChI=1S/C13H20N2O2/c1-8-13(17)11(10(7-16)6-15-8)12(14)9-4-2-3-5-9/h6,9,12,16-17H,2-5,7,14H2,1H3/t12-/m0/s1. The first kappa shape index (κ1) is 12.3. The summed E-state index contributed by atoms with van der Waals surface area (Å²) in [4.78, 5) is 4.05. The molecule has 4 N–H and O–H groups in total. The Morgan fingerprint density at radius 1 is 1.47 bits per heavy atom. The van der Waals surface area contributed by atoms with E-state index in [9.17, 15) is 10.2 Å². The van der Waals surface area contributed by atoms with Gasteiger partial charge in [-0.25, -0.2) is 0 Å². The van der Waals surface area contributed by atoms with Crippen molar-refractivity contribution in [1.29, 1.82) is 0 Å². The van der Waals surface area contributed by atoms with E-state index in [1.165, 1.54) is 12.8 Å². The highest BCUT2D eigenvalue weighted by molar-refractivity contribution is 5.43. The van der Waals surface area contributed by atoms with E-state index in [0.717, 1.165) is 12.8 Å². The lowest BCUT2D eigenvalue weighted by Gasteiger charge is -2.23. The molecule has 0 saturated heterocycles. The van der Waals surface area contributed by atoms with Crippen LogP contribution in [0.15, 0.2) is 6.20 Å². The lowest BCUT2D eigenvalue weighted by molar-refractivity contribution is 0.276. The van der Waals surface area contributed by atoms with Gasteiger partial charge in [0, 0.05) is 23.4 Å². The first-order valence-electron chi connectivity index (χ1n) is 6.19. The Labute approximate surface area is 101 Å². The van der Waals surface area contributed by atoms with Gasteiger partial charge in [-0.15, -0.1) is 0 Å². The van der Waals surface area contributed by atoms with Crippen molar-refractivity contribution in [3.8, 4) is 5.75 Å². The summed E-state index contributed by atoms with van der Waals surface area (Å²) in [5, 5.41) is 19.4. The molecule has 0 radical (unpaired) electrons. The predicted molar refractivity (Wildman–Crippen MR) is 65.4 cm³/mol. The molecule has 4 nitrogen and oxygen atoms in total. The van der Waals surface area contributed by atoms with Crippen LogP contribution in [0.1, 0.15) is 48.5 Å². The molecule has 1 aliphatic carbocycles. The molecule has 0 unspecified atom stereocenters. The summed E-state index contributed by atoms with van der Waals surface area (Å²) in [6.07, 6.45) is 6.23. The molecule has 1 aromatic heterocycles. The number of aromatic hydroxyl groups is 1. The molecule has 0 spiro atoms. The SMILES string of the molecule is Cc1ncc(CO)c([C@@H](N)C2CCCC2)c1O. The van der Waals surface area contributed by atoms with Crippen LogP contribution in [0.2, 0.25) is 0 Å². The number of aryl methyl sites for hydroxylation is 1. The molecule has 94 valence electrons. The number of aliphatic hydroxyl groups is 1. The second kappa shape index (κ2) is 5.02. The van der Waals surface area contributed by atoms with Gasteiger partial charge < -0.3 is 15.9 Å². The molecule has 0 aromatic carbocycles. The molecule has 2 rings (SSSR count). The number of pyridine rings is 1. The highest BCUT2D eigenvalue weighted by atomic mass is 16.3. The molecule has 1 heterocycles. The van der Waals surface area contributed by atoms with Crippen molar-refractivity contribution < 1.29 is 10.2 Å². The molecule has 1 fully saturated rings. The summed E-state index contributed by atoms with van der Waals surface area (Å²) in [6.45, 7) is 1.62. The van der Waals surface area contributed by atoms with Gasteiger partial charge in [0.15, 0.2) is 0 Å². The largest absolute Gasteiger partial charge is 0.506 e. The zero-order chi connectivity index (χ0) is 12.4. The molecule has 4 heteroatoms. The van der Waals surface area contributed by atoms with Crippen molar-refractivity contribution in [1.82, 2.24) is 4.98 Å². The number of aromatic nitrogens is 1. The van der Waals surface area contributed by atoms with Crippen molar-refractivity contribution in [3.05, 3.63) is 23.0 Å². The Hall–Kier alpha value is -1.13. The van der Waals surface area contributed by atoms with Gasteiger partial charge in [0.25, 0.3) is 0 Å². The highest BCUT2D eigenvalue weighted by Gasteiger charge is 2.27. The third-order valence-corrected chi connectivity index (χ3v) is 3.77. The maximum Gasteiger partial charge on any atom is 0.141 e. The van der Waals surface area contributed by atoms with E-state index in [1.54, 1.807) is 13.1 Å². The van der Waals surface area contributed by atoms with Gasteiger partial charge in [0.05, 0.1) is 12.3 Å². The molecule has 0 aliphatic heterocycles. The number of hydrogen-bond donors (Lipinski definition) is 3. The average Bonchev–Trinajstić information content (AvgIpc) is 2.85. The van der Waals surface area contributed by atoms with Crippen LogP contribution in [0.25, 0.3) is 0 Å². The quantitative estimate of drug-likeness (QED) is 0.747. The number of aliphatic hydroxyl groups excluding tert-OH is 1. The van der Waals surface area contributed by atoms with Crippen molar-refractivity contribution in [2.45, 2.75) is 45.3 Å². The molecule has 0 bridgehead atoms. The van der Waals surface area contributed by atoms with Gasteiger partial charge in [-0.3, -0.25) is 4.98 Å². The third-order valence-electron chi connectivity index (χ3n) is 3.77. The molecule has 1 aliphatic rings. The molecule has 1 saturated carbocycles. The average molecular weight is 236 g/mol. The van der Waals surface area contributed by atoms with E-state index in [-0.39, 0.29) is 18.4 Å². The maximum atomic E-state index is 10.1. The van der Waals surface area contributed by atoms with Crippen molar-refractivity contribution >= 4 is 0 Å². The number of nitrogens with zero attached hydrogens (tertiary/aromatic N) is 1. The topological polar surface area (TPSA) is 79.4 Å². The normalized spacial score (nSPS) is 18.5. The van der Waals surface area contributed by atoms with Crippen LogP contribution in [0.4, 0.5) is 0 Å². The minimum Gasteiger partial charge on any atom is -0.506 e. The first-order valence-corrected chi connectivity index (χ1v) is 6.19. The van der Waals surface area contributed by atoms with E-state index >= 15 is 0 Å². The first-order chi connectivity index (χ1) is 8.15. The molecular weight excluding hydrogens is 216 g/mol. The van der Waals surface area contributed by atoms with Gasteiger partial charge >= 0.3 is 0 Å². The van der Waals surface area contributed by atoms with Gasteiger partial charge in [0.2, 0.25) is 0 Å². The predicted octanol–water partition coefficient (Wildman–Crippen LogP) is 1.78. The fourth-order valence-electron chi connectivity index (χ4n) is 2.70. The minimum absolute atomic E-state index is 0.128. The van der Waals surface area contributed by atoms with E-state index in [0.29, 0.717) is 22.7 Å². The zero-order valence-electron chi connectivity index (χ0n) is 10.2. The fourth-order valence-corrected chi connectivity index (χ4v) is 2.70. The van der Waals surface area contributed by atoms with E-state index in [1.807, 2.05) is 0 Å². The van der Waals surface area contributed by atoms with Crippen LogP contribution in [0.3, 0.4) is 0 Å². The molecular formula is C13H20N2O2. The van der Waals surface area contributed by atoms with Crippen LogP contribution < -0.4 is 5.73 Å². The van der Waals surface area contributed by atoms with Crippen LogP contribution in [0.5, 0.6) is 5.75 Å². The summed E-state index contributed by atoms with van der Waals surface area (Å²) in [5.41, 5.74) is 8.15. The van der Waals surface area contributed by atoms with Crippen LogP contribution in [-0.4, -0.2) is 15.2 Å². The summed E-state index contributed by atoms with van der Waals surface area (Å²) >= 11 is 0. The number of rotatable bonds is 3. The number of nitrogens with two attached hydrogens (primary N) is 1. The molecule has 0 amide bonds. The molecule has 1 aromatic rings. The Bertz CT molecular complexity index is 401. The van der Waals surface area contributed by atoms with E-state index in [2.05, 4.69) is 4.98 Å². The maximum absolute atomic E-state index is 10.1. The second-order valence-corrected chi connectivity index (χ2v) is 4.86. The smallest absolute Gasteiger partial charge is 0.141 e. The Morgan fingerprint density at radius 2 is 2.12 bits per heavy atom. The van der Waals surface area contributed by atoms with Crippen molar-refractivity contribution in [2.75, 3.05) is 0 Å². The van der Waals surface area contributed by atoms with Gasteiger partial charge in [-0.1, -0.05) is 12.8 Å². The molecule has 17 heavy (non-hydrogen) atoms. The van der Waals surface area contributed by atoms with Gasteiger partial charge in [-0.05, 0) is 25.7 Å². The highest BCUT2D eigenvalue weighted by Crippen LogP contribution is 2.39. The van der Waals surface area contributed by atoms with E-state index in [4.69, 9.17) is 5.73 Å². The Balaban J connectivity index is 2.37. The molecule has 1 atom stereocenters. The summed E-state index contributed by atoms with van der Waals surface area (Å²) < 4.78 is 0. The zero-order valence-corrected chi connectivity index (χ0v) is 10.2. The lowest BCUT2D eigenvalue weighted by Crippen LogP contribution is -2.21. The van der Waals surface area contributed by atoms with Crippen LogP contribution in [0, 0.1) is 12.8 Å². The lowest BCUT2D eigenvalue weighted by atomic mass is 9.89. The van der Waals surface area contributed by atoms with Gasteiger partial charge in [0.1, 0.15) is 5.75 Å². The summed E-state index contributed by atoms with van der Waals surface area (Å²) in [6, 6.07) is -0.193. The van der Waals surface area contributed by atoms with E-state index < -0.39 is 0 Å². The second-order valence-electron chi connectivity index (χ2n) is 4.86.